The van der Waals surface area contributed by atoms with E-state index in [4.69, 9.17) is 4.74 Å². The third kappa shape index (κ3) is 1.85. The van der Waals surface area contributed by atoms with Gasteiger partial charge in [-0.1, -0.05) is 6.07 Å². The first-order chi connectivity index (χ1) is 10.7. The molecule has 0 saturated carbocycles. The lowest BCUT2D eigenvalue weighted by molar-refractivity contribution is -0.116. The van der Waals surface area contributed by atoms with Gasteiger partial charge in [0.25, 0.3) is 0 Å². The fourth-order valence-electron chi connectivity index (χ4n) is 3.23. The van der Waals surface area contributed by atoms with Gasteiger partial charge in [-0.25, -0.2) is 0 Å². The monoisotopic (exact) mass is 314 g/mol. The summed E-state index contributed by atoms with van der Waals surface area (Å²) < 4.78 is 5.86. The van der Waals surface area contributed by atoms with Crippen molar-refractivity contribution in [2.45, 2.75) is 25.2 Å². The van der Waals surface area contributed by atoms with E-state index in [0.717, 1.165) is 17.7 Å². The maximum Gasteiger partial charge on any atom is 0.165 e. The van der Waals surface area contributed by atoms with Crippen molar-refractivity contribution < 1.29 is 19.7 Å². The van der Waals surface area contributed by atoms with Crippen molar-refractivity contribution in [2.24, 2.45) is 0 Å². The summed E-state index contributed by atoms with van der Waals surface area (Å²) in [4.78, 5) is 13.4. The Balaban J connectivity index is 2.00. The minimum atomic E-state index is -0.362. The molecule has 0 spiro atoms. The van der Waals surface area contributed by atoms with Crippen molar-refractivity contribution in [1.82, 2.24) is 0 Å². The van der Waals surface area contributed by atoms with Crippen LogP contribution in [0.1, 0.15) is 35.6 Å². The topological polar surface area (TPSA) is 66.8 Å². The number of rotatable bonds is 1. The van der Waals surface area contributed by atoms with Crippen molar-refractivity contribution in [2.75, 3.05) is 0 Å². The molecule has 1 aromatic carbocycles. The van der Waals surface area contributed by atoms with E-state index in [1.54, 1.807) is 6.07 Å². The van der Waals surface area contributed by atoms with Crippen LogP contribution in [0.5, 0.6) is 17.2 Å². The summed E-state index contributed by atoms with van der Waals surface area (Å²) in [5.74, 6) is 0.512. The maximum atomic E-state index is 12.5. The molecule has 0 amide bonds. The van der Waals surface area contributed by atoms with Gasteiger partial charge < -0.3 is 14.9 Å². The number of aromatic hydroxyl groups is 2. The minimum absolute atomic E-state index is 0.0630. The number of fused-ring (bicyclic) bond motifs is 1. The summed E-state index contributed by atoms with van der Waals surface area (Å²) in [6, 6.07) is 6.92. The fraction of sp³-hybridized carbons (Fsp3) is 0.235. The van der Waals surface area contributed by atoms with Crippen LogP contribution in [0.3, 0.4) is 0 Å². The number of hydrogen-bond acceptors (Lipinski definition) is 5. The van der Waals surface area contributed by atoms with Gasteiger partial charge in [-0.2, -0.15) is 0 Å². The molecule has 0 bridgehead atoms. The van der Waals surface area contributed by atoms with Crippen LogP contribution in [0, 0.1) is 0 Å². The lowest BCUT2D eigenvalue weighted by Gasteiger charge is -2.32. The Labute approximate surface area is 131 Å². The molecule has 1 atom stereocenters. The van der Waals surface area contributed by atoms with Crippen LogP contribution in [0.2, 0.25) is 0 Å². The van der Waals surface area contributed by atoms with Crippen molar-refractivity contribution in [3.05, 3.63) is 51.4 Å². The van der Waals surface area contributed by atoms with E-state index < -0.39 is 0 Å². The smallest absolute Gasteiger partial charge is 0.165 e. The van der Waals surface area contributed by atoms with Crippen LogP contribution in [-0.4, -0.2) is 16.0 Å². The summed E-state index contributed by atoms with van der Waals surface area (Å²) >= 11 is 1.53. The van der Waals surface area contributed by atoms with E-state index in [1.165, 1.54) is 17.4 Å². The first-order valence-electron chi connectivity index (χ1n) is 7.19. The quantitative estimate of drug-likeness (QED) is 0.788. The molecule has 1 aliphatic carbocycles. The molecule has 1 aliphatic heterocycles. The Morgan fingerprint density at radius 2 is 2.05 bits per heavy atom. The van der Waals surface area contributed by atoms with Gasteiger partial charge >= 0.3 is 0 Å². The molecule has 0 radical (unpaired) electrons. The molecule has 112 valence electrons. The van der Waals surface area contributed by atoms with Crippen molar-refractivity contribution in [3.8, 4) is 17.2 Å². The normalized spacial score (nSPS) is 20.4. The Bertz CT molecular complexity index is 789. The highest BCUT2D eigenvalue weighted by Gasteiger charge is 2.39. The number of Topliss-reactive ketones (excluding diaryl/α,β-unsaturated/α-hetero) is 1. The molecule has 5 heteroatoms. The first kappa shape index (κ1) is 13.4. The van der Waals surface area contributed by atoms with Crippen molar-refractivity contribution in [1.29, 1.82) is 0 Å². The number of allylic oxidation sites excluding steroid dienone is 2. The molecule has 2 aliphatic rings. The zero-order valence-electron chi connectivity index (χ0n) is 11.7. The van der Waals surface area contributed by atoms with E-state index in [9.17, 15) is 15.0 Å². The van der Waals surface area contributed by atoms with Gasteiger partial charge in [0.05, 0.1) is 11.5 Å². The summed E-state index contributed by atoms with van der Waals surface area (Å²) in [5, 5.41) is 22.1. The third-order valence-electron chi connectivity index (χ3n) is 4.20. The van der Waals surface area contributed by atoms with E-state index >= 15 is 0 Å². The minimum Gasteiger partial charge on any atom is -0.504 e. The molecule has 4 nitrogen and oxygen atoms in total. The van der Waals surface area contributed by atoms with Gasteiger partial charge in [0, 0.05) is 23.3 Å². The van der Waals surface area contributed by atoms with E-state index in [2.05, 4.69) is 0 Å². The predicted octanol–water partition coefficient (Wildman–Crippen LogP) is 3.69. The molecule has 0 saturated heterocycles. The lowest BCUT2D eigenvalue weighted by Crippen LogP contribution is -2.25. The van der Waals surface area contributed by atoms with Gasteiger partial charge in [-0.3, -0.25) is 4.79 Å². The fourth-order valence-corrected chi connectivity index (χ4v) is 4.07. The number of ketones is 1. The molecule has 4 rings (SSSR count). The van der Waals surface area contributed by atoms with E-state index in [1.807, 2.05) is 17.5 Å². The van der Waals surface area contributed by atoms with E-state index in [0.29, 0.717) is 29.1 Å². The molecule has 1 unspecified atom stereocenters. The highest BCUT2D eigenvalue weighted by Crippen LogP contribution is 2.52. The van der Waals surface area contributed by atoms with Crippen LogP contribution >= 0.6 is 11.3 Å². The Hall–Kier alpha value is -2.27. The number of benzene rings is 1. The number of hydrogen-bond donors (Lipinski definition) is 2. The highest BCUT2D eigenvalue weighted by molar-refractivity contribution is 7.10. The molecule has 22 heavy (non-hydrogen) atoms. The van der Waals surface area contributed by atoms with Crippen molar-refractivity contribution in [3.63, 3.8) is 0 Å². The SMILES string of the molecule is O=C1CCCC2=C1C(c1cccs1)c1c(ccc(O)c1O)O2. The second kappa shape index (κ2) is 4.88. The van der Waals surface area contributed by atoms with Gasteiger partial charge in [-0.15, -0.1) is 11.3 Å². The predicted molar refractivity (Wildman–Crippen MR) is 82.4 cm³/mol. The van der Waals surface area contributed by atoms with Gasteiger partial charge in [0.1, 0.15) is 11.5 Å². The van der Waals surface area contributed by atoms with Gasteiger partial charge in [0.2, 0.25) is 0 Å². The number of phenolic OH excluding ortho intramolecular Hbond substituents is 2. The van der Waals surface area contributed by atoms with E-state index in [-0.39, 0.29) is 23.2 Å². The van der Waals surface area contributed by atoms with Gasteiger partial charge in [-0.05, 0) is 30.0 Å². The molecular formula is C17H14O4S. The zero-order valence-corrected chi connectivity index (χ0v) is 12.5. The first-order valence-corrected chi connectivity index (χ1v) is 8.07. The molecule has 2 N–H and O–H groups in total. The lowest BCUT2D eigenvalue weighted by atomic mass is 9.79. The Morgan fingerprint density at radius 1 is 1.18 bits per heavy atom. The van der Waals surface area contributed by atoms with Gasteiger partial charge in [0.15, 0.2) is 17.3 Å². The summed E-state index contributed by atoms with van der Waals surface area (Å²) in [6.45, 7) is 0. The molecule has 0 fully saturated rings. The van der Waals surface area contributed by atoms with Crippen LogP contribution in [-0.2, 0) is 4.79 Å². The number of thiophene rings is 1. The summed E-state index contributed by atoms with van der Waals surface area (Å²) in [7, 11) is 0. The molecular weight excluding hydrogens is 300 g/mol. The number of carbonyl (C=O) groups is 1. The number of phenols is 2. The third-order valence-corrected chi connectivity index (χ3v) is 5.14. The Morgan fingerprint density at radius 3 is 2.82 bits per heavy atom. The summed E-state index contributed by atoms with van der Waals surface area (Å²) in [6.07, 6.45) is 2.01. The summed E-state index contributed by atoms with van der Waals surface area (Å²) in [5.41, 5.74) is 1.11. The van der Waals surface area contributed by atoms with Crippen LogP contribution in [0.25, 0.3) is 0 Å². The average Bonchev–Trinajstić information content (AvgIpc) is 3.03. The number of carbonyl (C=O) groups excluding carboxylic acids is 1. The highest BCUT2D eigenvalue weighted by atomic mass is 32.1. The largest absolute Gasteiger partial charge is 0.504 e. The molecule has 1 aromatic heterocycles. The van der Waals surface area contributed by atoms with Crippen molar-refractivity contribution >= 4 is 17.1 Å². The van der Waals surface area contributed by atoms with Crippen LogP contribution in [0.4, 0.5) is 0 Å². The average molecular weight is 314 g/mol. The zero-order chi connectivity index (χ0) is 15.3. The Kier molecular flexibility index (Phi) is 2.97. The van der Waals surface area contributed by atoms with Crippen LogP contribution < -0.4 is 4.74 Å². The molecule has 2 heterocycles. The second-order valence-electron chi connectivity index (χ2n) is 5.51. The van der Waals surface area contributed by atoms with Crippen LogP contribution in [0.15, 0.2) is 41.0 Å². The second-order valence-corrected chi connectivity index (χ2v) is 6.49. The molecule has 2 aromatic rings. The standard InChI is InChI=1S/C17H14O4S/c18-9-3-1-4-11-14(9)16(13-5-2-8-22-13)15-12(21-11)7-6-10(19)17(15)20/h2,5-8,16,19-20H,1,3-4H2. The maximum absolute atomic E-state index is 12.5. The number of ether oxygens (including phenoxy) is 1.